The van der Waals surface area contributed by atoms with E-state index >= 15 is 0 Å². The third kappa shape index (κ3) is 3.47. The topological polar surface area (TPSA) is 47.4 Å². The van der Waals surface area contributed by atoms with Crippen LogP contribution in [0, 0.1) is 12.8 Å². The van der Waals surface area contributed by atoms with Crippen LogP contribution in [0.1, 0.15) is 29.9 Å². The molecule has 1 unspecified atom stereocenters. The van der Waals surface area contributed by atoms with Crippen LogP contribution in [-0.2, 0) is 16.1 Å². The summed E-state index contributed by atoms with van der Waals surface area (Å²) in [5, 5.41) is 0. The lowest BCUT2D eigenvalue weighted by molar-refractivity contribution is -0.141. The molecule has 3 heterocycles. The Morgan fingerprint density at radius 2 is 2.12 bits per heavy atom. The Hall–Kier alpha value is -2.14. The van der Waals surface area contributed by atoms with Gasteiger partial charge in [0.05, 0.1) is 6.33 Å². The highest BCUT2D eigenvalue weighted by atomic mass is 16.5. The van der Waals surface area contributed by atoms with Crippen LogP contribution in [0.15, 0.2) is 43.0 Å². The Balaban J connectivity index is 1.40. The van der Waals surface area contributed by atoms with E-state index in [4.69, 9.17) is 4.74 Å². The summed E-state index contributed by atoms with van der Waals surface area (Å²) in [4.78, 5) is 19.1. The second kappa shape index (κ2) is 7.00. The van der Waals surface area contributed by atoms with Gasteiger partial charge in [-0.15, -0.1) is 0 Å². The maximum atomic E-state index is 13.0. The van der Waals surface area contributed by atoms with Gasteiger partial charge in [0.15, 0.2) is 0 Å². The minimum Gasteiger partial charge on any atom is -0.368 e. The largest absolute Gasteiger partial charge is 0.368 e. The fourth-order valence-electron chi connectivity index (χ4n) is 4.01. The number of hydrogen-bond donors (Lipinski definition) is 0. The van der Waals surface area contributed by atoms with Crippen molar-refractivity contribution in [3.05, 3.63) is 54.1 Å². The Labute approximate surface area is 148 Å². The second-order valence-corrected chi connectivity index (χ2v) is 7.28. The first-order valence-corrected chi connectivity index (χ1v) is 9.13. The van der Waals surface area contributed by atoms with E-state index in [0.717, 1.165) is 32.5 Å². The Bertz CT molecular complexity index is 711. The molecule has 5 nitrogen and oxygen atoms in total. The number of aromatic nitrogens is 2. The maximum absolute atomic E-state index is 13.0. The Morgan fingerprint density at radius 3 is 2.88 bits per heavy atom. The van der Waals surface area contributed by atoms with Gasteiger partial charge in [-0.25, -0.2) is 4.98 Å². The molecule has 0 N–H and O–H groups in total. The average molecular weight is 339 g/mol. The first kappa shape index (κ1) is 16.3. The molecule has 0 radical (unpaired) electrons. The van der Waals surface area contributed by atoms with Gasteiger partial charge >= 0.3 is 0 Å². The van der Waals surface area contributed by atoms with Gasteiger partial charge in [-0.05, 0) is 25.3 Å². The Kier molecular flexibility index (Phi) is 4.57. The first-order valence-electron chi connectivity index (χ1n) is 9.13. The molecular formula is C20H25N3O2. The van der Waals surface area contributed by atoms with Gasteiger partial charge in [-0.1, -0.05) is 29.8 Å². The second-order valence-electron chi connectivity index (χ2n) is 7.28. The van der Waals surface area contributed by atoms with Crippen LogP contribution in [0.3, 0.4) is 0 Å². The summed E-state index contributed by atoms with van der Waals surface area (Å²) in [5.41, 5.74) is 2.61. The molecule has 1 aromatic carbocycles. The third-order valence-corrected chi connectivity index (χ3v) is 5.51. The van der Waals surface area contributed by atoms with Crippen LogP contribution in [0.2, 0.25) is 0 Å². The van der Waals surface area contributed by atoms with E-state index in [2.05, 4.69) is 36.2 Å². The van der Waals surface area contributed by atoms with Crippen molar-refractivity contribution in [2.24, 2.45) is 5.92 Å². The Morgan fingerprint density at radius 1 is 1.28 bits per heavy atom. The predicted molar refractivity (Wildman–Crippen MR) is 95.2 cm³/mol. The first-order chi connectivity index (χ1) is 12.2. The quantitative estimate of drug-likeness (QED) is 0.860. The van der Waals surface area contributed by atoms with Crippen LogP contribution < -0.4 is 0 Å². The summed E-state index contributed by atoms with van der Waals surface area (Å²) >= 11 is 0. The molecule has 0 spiro atoms. The van der Waals surface area contributed by atoms with Crippen molar-refractivity contribution in [3.8, 4) is 0 Å². The van der Waals surface area contributed by atoms with Gasteiger partial charge in [0.1, 0.15) is 6.10 Å². The van der Waals surface area contributed by atoms with Crippen molar-refractivity contribution < 1.29 is 9.53 Å². The van der Waals surface area contributed by atoms with E-state index in [-0.39, 0.29) is 17.9 Å². The molecule has 2 aromatic rings. The van der Waals surface area contributed by atoms with Crippen molar-refractivity contribution in [2.75, 3.05) is 19.7 Å². The number of carbonyl (C=O) groups is 1. The minimum absolute atomic E-state index is 0.164. The van der Waals surface area contributed by atoms with Crippen molar-refractivity contribution >= 4 is 5.91 Å². The van der Waals surface area contributed by atoms with Crippen LogP contribution >= 0.6 is 0 Å². The molecule has 5 heteroatoms. The number of imidazole rings is 1. The molecular weight excluding hydrogens is 314 g/mol. The molecule has 2 fully saturated rings. The summed E-state index contributed by atoms with van der Waals surface area (Å²) in [6.07, 6.45) is 7.20. The number of amides is 1. The summed E-state index contributed by atoms with van der Waals surface area (Å²) in [7, 11) is 0. The van der Waals surface area contributed by atoms with Crippen molar-refractivity contribution in [3.63, 3.8) is 0 Å². The minimum atomic E-state index is -0.306. The van der Waals surface area contributed by atoms with Crippen LogP contribution in [0.25, 0.3) is 0 Å². The van der Waals surface area contributed by atoms with Gasteiger partial charge < -0.3 is 14.2 Å². The number of benzene rings is 1. The maximum Gasteiger partial charge on any atom is 0.252 e. The van der Waals surface area contributed by atoms with Crippen molar-refractivity contribution in [2.45, 2.75) is 38.3 Å². The number of hydrogen-bond acceptors (Lipinski definition) is 3. The van der Waals surface area contributed by atoms with E-state index < -0.39 is 0 Å². The van der Waals surface area contributed by atoms with Gasteiger partial charge in [0.25, 0.3) is 5.91 Å². The molecule has 1 amide bonds. The van der Waals surface area contributed by atoms with Crippen molar-refractivity contribution in [1.29, 1.82) is 0 Å². The van der Waals surface area contributed by atoms with Gasteiger partial charge in [-0.3, -0.25) is 4.79 Å². The van der Waals surface area contributed by atoms with Gasteiger partial charge in [-0.2, -0.15) is 0 Å². The molecule has 0 saturated carbocycles. The number of nitrogens with zero attached hydrogens (tertiary/aromatic N) is 3. The number of rotatable bonds is 4. The van der Waals surface area contributed by atoms with E-state index in [9.17, 15) is 4.79 Å². The van der Waals surface area contributed by atoms with E-state index in [1.807, 2.05) is 22.0 Å². The van der Waals surface area contributed by atoms with E-state index in [0.29, 0.717) is 12.5 Å². The summed E-state index contributed by atoms with van der Waals surface area (Å²) in [5.74, 6) is 0.843. The predicted octanol–water partition coefficient (Wildman–Crippen LogP) is 2.61. The number of carbonyl (C=O) groups excluding carboxylic acids is 1. The highest BCUT2D eigenvalue weighted by Gasteiger charge is 2.39. The normalized spacial score (nSPS) is 26.3. The average Bonchev–Trinajstić information content (AvgIpc) is 3.37. The monoisotopic (exact) mass is 339 g/mol. The van der Waals surface area contributed by atoms with Crippen LogP contribution in [0.5, 0.6) is 0 Å². The standard InChI is InChI=1S/C20H25N3O2/c1-15-2-4-16(5-3-15)17-6-9-23(13-17)20(24)19-18(7-11-25-19)12-22-10-8-21-14-22/h2-5,8,10,14,17-19H,6-7,9,11-13H2,1H3/t17?,18-,19-/m1/s1. The molecule has 132 valence electrons. The zero-order valence-corrected chi connectivity index (χ0v) is 14.7. The summed E-state index contributed by atoms with van der Waals surface area (Å²) < 4.78 is 7.86. The van der Waals surface area contributed by atoms with E-state index in [1.54, 1.807) is 6.20 Å². The zero-order valence-electron chi connectivity index (χ0n) is 14.7. The van der Waals surface area contributed by atoms with E-state index in [1.165, 1.54) is 11.1 Å². The molecule has 25 heavy (non-hydrogen) atoms. The fourth-order valence-corrected chi connectivity index (χ4v) is 4.01. The molecule has 2 aliphatic rings. The fraction of sp³-hybridized carbons (Fsp3) is 0.500. The summed E-state index contributed by atoms with van der Waals surface area (Å²) in [6, 6.07) is 8.70. The number of aryl methyl sites for hydroxylation is 1. The highest BCUT2D eigenvalue weighted by molar-refractivity contribution is 5.82. The van der Waals surface area contributed by atoms with Crippen LogP contribution in [-0.4, -0.2) is 46.2 Å². The van der Waals surface area contributed by atoms with Gasteiger partial charge in [0, 0.05) is 50.5 Å². The smallest absolute Gasteiger partial charge is 0.252 e. The van der Waals surface area contributed by atoms with Crippen LogP contribution in [0.4, 0.5) is 0 Å². The zero-order chi connectivity index (χ0) is 17.2. The molecule has 3 atom stereocenters. The molecule has 1 aromatic heterocycles. The summed E-state index contributed by atoms with van der Waals surface area (Å²) in [6.45, 7) is 5.21. The number of likely N-dealkylation sites (tertiary alicyclic amines) is 1. The van der Waals surface area contributed by atoms with Gasteiger partial charge in [0.2, 0.25) is 0 Å². The molecule has 0 bridgehead atoms. The van der Waals surface area contributed by atoms with Crippen molar-refractivity contribution in [1.82, 2.24) is 14.5 Å². The highest BCUT2D eigenvalue weighted by Crippen LogP contribution is 2.31. The molecule has 2 saturated heterocycles. The molecule has 4 rings (SSSR count). The third-order valence-electron chi connectivity index (χ3n) is 5.51. The SMILES string of the molecule is Cc1ccc(C2CCN(C(=O)[C@@H]3OCC[C@@H]3Cn3ccnc3)C2)cc1. The lowest BCUT2D eigenvalue weighted by Crippen LogP contribution is -2.41. The molecule has 2 aliphatic heterocycles. The number of ether oxygens (including phenoxy) is 1. The molecule has 0 aliphatic carbocycles. The lowest BCUT2D eigenvalue weighted by atomic mass is 9.97. The lowest BCUT2D eigenvalue weighted by Gasteiger charge is -2.24.